The highest BCUT2D eigenvalue weighted by Crippen LogP contribution is 2.19. The van der Waals surface area contributed by atoms with Crippen molar-refractivity contribution < 1.29 is 29.4 Å². The number of thiol groups is 1. The number of amides is 3. The Bertz CT molecular complexity index is 1350. The van der Waals surface area contributed by atoms with Gasteiger partial charge in [0.1, 0.15) is 23.9 Å². The van der Waals surface area contributed by atoms with Crippen molar-refractivity contribution in [1.82, 2.24) is 20.9 Å². The maximum absolute atomic E-state index is 13.5. The second-order valence-electron chi connectivity index (χ2n) is 9.53. The largest absolute Gasteiger partial charge is 0.508 e. The van der Waals surface area contributed by atoms with Crippen molar-refractivity contribution in [3.05, 3.63) is 65.9 Å². The molecule has 4 atom stereocenters. The van der Waals surface area contributed by atoms with Crippen LogP contribution >= 0.6 is 24.4 Å². The van der Waals surface area contributed by atoms with Gasteiger partial charge in [-0.25, -0.2) is 4.79 Å². The van der Waals surface area contributed by atoms with Crippen molar-refractivity contribution in [3.63, 3.8) is 0 Å². The lowest BCUT2D eigenvalue weighted by Crippen LogP contribution is -2.58. The van der Waals surface area contributed by atoms with Crippen molar-refractivity contribution in [2.45, 2.75) is 43.4 Å². The molecule has 1 aromatic heterocycles. The molecule has 11 nitrogen and oxygen atoms in total. The van der Waals surface area contributed by atoms with E-state index >= 15 is 0 Å². The van der Waals surface area contributed by atoms with Gasteiger partial charge in [0.25, 0.3) is 0 Å². The SMILES string of the molecule is CSCCC(NC(=O)C(N)Cc1ccc(O)cc1)C(=O)NC(Cc1c[nH]c2ccccc12)C(=O)NC(CS)C(=O)O. The molecule has 0 bridgehead atoms. The molecule has 220 valence electrons. The molecular formula is C28H35N5O6S2. The van der Waals surface area contributed by atoms with Gasteiger partial charge in [-0.15, -0.1) is 0 Å². The zero-order valence-electron chi connectivity index (χ0n) is 22.5. The van der Waals surface area contributed by atoms with E-state index in [0.29, 0.717) is 5.75 Å². The first-order valence-electron chi connectivity index (χ1n) is 12.9. The second-order valence-corrected chi connectivity index (χ2v) is 10.9. The van der Waals surface area contributed by atoms with E-state index in [-0.39, 0.29) is 30.8 Å². The predicted octanol–water partition coefficient (Wildman–Crippen LogP) is 1.21. The lowest BCUT2D eigenvalue weighted by molar-refractivity contribution is -0.141. The van der Waals surface area contributed by atoms with Gasteiger partial charge in [0.2, 0.25) is 17.7 Å². The number of aromatic nitrogens is 1. The molecule has 2 aromatic carbocycles. The van der Waals surface area contributed by atoms with E-state index in [9.17, 15) is 29.4 Å². The number of carboxylic acids is 1. The molecule has 8 N–H and O–H groups in total. The Labute approximate surface area is 247 Å². The van der Waals surface area contributed by atoms with Crippen LogP contribution in [0.5, 0.6) is 5.75 Å². The molecule has 1 heterocycles. The lowest BCUT2D eigenvalue weighted by atomic mass is 10.0. The molecule has 3 aromatic rings. The molecule has 0 radical (unpaired) electrons. The normalized spacial score (nSPS) is 14.0. The molecule has 0 fully saturated rings. The Hall–Kier alpha value is -3.68. The third-order valence-electron chi connectivity index (χ3n) is 6.50. The minimum absolute atomic E-state index is 0.0735. The van der Waals surface area contributed by atoms with Crippen molar-refractivity contribution in [2.75, 3.05) is 17.8 Å². The number of phenolic OH excluding ortho intramolecular Hbond substituents is 1. The fraction of sp³-hybridized carbons (Fsp3) is 0.357. The molecule has 3 amide bonds. The molecule has 3 rings (SSSR count). The molecule has 0 aliphatic rings. The number of carboxylic acid groups (broad SMARTS) is 1. The van der Waals surface area contributed by atoms with Crippen LogP contribution in [0.4, 0.5) is 0 Å². The molecule has 0 aliphatic carbocycles. The van der Waals surface area contributed by atoms with Crippen LogP contribution < -0.4 is 21.7 Å². The highest BCUT2D eigenvalue weighted by atomic mass is 32.2. The van der Waals surface area contributed by atoms with Gasteiger partial charge in [-0.1, -0.05) is 30.3 Å². The minimum atomic E-state index is -1.25. The van der Waals surface area contributed by atoms with E-state index in [1.165, 1.54) is 23.9 Å². The Morgan fingerprint density at radius 2 is 1.56 bits per heavy atom. The van der Waals surface area contributed by atoms with Gasteiger partial charge in [-0.05, 0) is 54.2 Å². The number of H-pyrrole nitrogens is 1. The smallest absolute Gasteiger partial charge is 0.327 e. The molecular weight excluding hydrogens is 566 g/mol. The number of rotatable bonds is 15. The van der Waals surface area contributed by atoms with Crippen molar-refractivity contribution in [1.29, 1.82) is 0 Å². The molecule has 0 aliphatic heterocycles. The van der Waals surface area contributed by atoms with Crippen LogP contribution in [-0.2, 0) is 32.0 Å². The average Bonchev–Trinajstić information content (AvgIpc) is 3.36. The Morgan fingerprint density at radius 3 is 2.22 bits per heavy atom. The third-order valence-corrected chi connectivity index (χ3v) is 7.51. The van der Waals surface area contributed by atoms with Gasteiger partial charge < -0.3 is 36.9 Å². The van der Waals surface area contributed by atoms with E-state index in [4.69, 9.17) is 5.73 Å². The monoisotopic (exact) mass is 601 g/mol. The van der Waals surface area contributed by atoms with Crippen LogP contribution in [-0.4, -0.2) is 80.8 Å². The second kappa shape index (κ2) is 15.4. The first-order valence-corrected chi connectivity index (χ1v) is 15.0. The number of aliphatic carboxylic acids is 1. The quantitative estimate of drug-likeness (QED) is 0.119. The van der Waals surface area contributed by atoms with Crippen molar-refractivity contribution >= 4 is 59.0 Å². The number of aromatic hydroxyl groups is 1. The van der Waals surface area contributed by atoms with E-state index in [1.807, 2.05) is 30.5 Å². The summed E-state index contributed by atoms with van der Waals surface area (Å²) in [5.74, 6) is -2.58. The summed E-state index contributed by atoms with van der Waals surface area (Å²) in [5.41, 5.74) is 8.45. The standard InChI is InChI=1S/C28H35N5O6S2/c1-41-11-10-22(31-25(35)20(29)12-16-6-8-18(34)9-7-16)26(36)32-23(27(37)33-24(15-40)28(38)39)13-17-14-30-21-5-3-2-4-19(17)21/h2-9,14,20,22-24,30,34,40H,10-13,15,29H2,1H3,(H,31,35)(H,32,36)(H,33,37)(H,38,39). The number of carbonyl (C=O) groups excluding carboxylic acids is 3. The first-order chi connectivity index (χ1) is 19.6. The zero-order chi connectivity index (χ0) is 29.9. The number of carbonyl (C=O) groups is 4. The van der Waals surface area contributed by atoms with Gasteiger partial charge in [0.15, 0.2) is 0 Å². The Kier molecular flexibility index (Phi) is 11.9. The summed E-state index contributed by atoms with van der Waals surface area (Å²) in [4.78, 5) is 54.3. The van der Waals surface area contributed by atoms with Crippen LogP contribution in [0.2, 0.25) is 0 Å². The van der Waals surface area contributed by atoms with E-state index in [1.54, 1.807) is 18.3 Å². The topological polar surface area (TPSA) is 187 Å². The number of para-hydroxylation sites is 1. The molecule has 41 heavy (non-hydrogen) atoms. The predicted molar refractivity (Wildman–Crippen MR) is 162 cm³/mol. The average molecular weight is 602 g/mol. The Morgan fingerprint density at radius 1 is 0.927 bits per heavy atom. The molecule has 0 saturated heterocycles. The van der Waals surface area contributed by atoms with Crippen LogP contribution in [0.3, 0.4) is 0 Å². The summed E-state index contributed by atoms with van der Waals surface area (Å²) in [6.07, 6.45) is 4.14. The number of thioether (sulfide) groups is 1. The molecule has 0 saturated carbocycles. The first kappa shape index (κ1) is 31.8. The number of nitrogens with one attached hydrogen (secondary N) is 4. The summed E-state index contributed by atoms with van der Waals surface area (Å²) in [6.45, 7) is 0. The van der Waals surface area contributed by atoms with Crippen LogP contribution in [0, 0.1) is 0 Å². The van der Waals surface area contributed by atoms with E-state index < -0.39 is 47.9 Å². The van der Waals surface area contributed by atoms with Crippen molar-refractivity contribution in [3.8, 4) is 5.75 Å². The maximum atomic E-state index is 13.5. The third kappa shape index (κ3) is 9.17. The fourth-order valence-corrected chi connectivity index (χ4v) is 4.94. The number of aromatic amines is 1. The number of hydrogen-bond donors (Lipinski definition) is 8. The Balaban J connectivity index is 1.78. The number of hydrogen-bond acceptors (Lipinski definition) is 8. The lowest BCUT2D eigenvalue weighted by Gasteiger charge is -2.25. The molecule has 4 unspecified atom stereocenters. The van der Waals surface area contributed by atoms with Crippen molar-refractivity contribution in [2.24, 2.45) is 5.73 Å². The summed E-state index contributed by atoms with van der Waals surface area (Å²) < 4.78 is 0. The number of benzene rings is 2. The highest BCUT2D eigenvalue weighted by molar-refractivity contribution is 7.98. The van der Waals surface area contributed by atoms with Crippen LogP contribution in [0.15, 0.2) is 54.7 Å². The highest BCUT2D eigenvalue weighted by Gasteiger charge is 2.30. The maximum Gasteiger partial charge on any atom is 0.327 e. The van der Waals surface area contributed by atoms with E-state index in [2.05, 4.69) is 33.6 Å². The van der Waals surface area contributed by atoms with Gasteiger partial charge >= 0.3 is 5.97 Å². The zero-order valence-corrected chi connectivity index (χ0v) is 24.2. The number of nitrogens with two attached hydrogens (primary N) is 1. The number of fused-ring (bicyclic) bond motifs is 1. The number of phenols is 1. The fourth-order valence-electron chi connectivity index (χ4n) is 4.22. The van der Waals surface area contributed by atoms with Gasteiger partial charge in [-0.3, -0.25) is 14.4 Å². The summed E-state index contributed by atoms with van der Waals surface area (Å²) in [7, 11) is 0. The van der Waals surface area contributed by atoms with Gasteiger partial charge in [0.05, 0.1) is 6.04 Å². The summed E-state index contributed by atoms with van der Waals surface area (Å²) >= 11 is 5.50. The summed E-state index contributed by atoms with van der Waals surface area (Å²) in [5, 5.41) is 27.6. The molecule has 13 heteroatoms. The summed E-state index contributed by atoms with van der Waals surface area (Å²) in [6, 6.07) is 9.45. The van der Waals surface area contributed by atoms with E-state index in [0.717, 1.165) is 22.0 Å². The van der Waals surface area contributed by atoms with Gasteiger partial charge in [0, 0.05) is 29.3 Å². The molecule has 0 spiro atoms. The van der Waals surface area contributed by atoms with Crippen LogP contribution in [0.1, 0.15) is 17.5 Å². The van der Waals surface area contributed by atoms with Crippen LogP contribution in [0.25, 0.3) is 10.9 Å². The minimum Gasteiger partial charge on any atom is -0.508 e. The van der Waals surface area contributed by atoms with Gasteiger partial charge in [-0.2, -0.15) is 24.4 Å².